The molecule has 32 heavy (non-hydrogen) atoms. The zero-order valence-corrected chi connectivity index (χ0v) is 18.6. The molecule has 4 aromatic rings. The summed E-state index contributed by atoms with van der Waals surface area (Å²) >= 11 is 1.31. The van der Waals surface area contributed by atoms with E-state index in [2.05, 4.69) is 25.7 Å². The lowest BCUT2D eigenvalue weighted by Gasteiger charge is -2.10. The Kier molecular flexibility index (Phi) is 6.72. The van der Waals surface area contributed by atoms with Crippen LogP contribution in [0.25, 0.3) is 17.1 Å². The van der Waals surface area contributed by atoms with Crippen LogP contribution in [-0.4, -0.2) is 37.6 Å². The predicted molar refractivity (Wildman–Crippen MR) is 127 cm³/mol. The molecular formula is C24H22N6OS. The van der Waals surface area contributed by atoms with Crippen molar-refractivity contribution in [3.63, 3.8) is 0 Å². The van der Waals surface area contributed by atoms with Crippen LogP contribution < -0.4 is 5.43 Å². The summed E-state index contributed by atoms with van der Waals surface area (Å²) in [5, 5.41) is 13.4. The summed E-state index contributed by atoms with van der Waals surface area (Å²) < 4.78 is 1.95. The molecule has 0 spiro atoms. The molecule has 0 saturated heterocycles. The molecule has 0 bridgehead atoms. The predicted octanol–water partition coefficient (Wildman–Crippen LogP) is 4.19. The lowest BCUT2D eigenvalue weighted by atomic mass is 10.1. The van der Waals surface area contributed by atoms with Crippen LogP contribution in [0.5, 0.6) is 0 Å². The Morgan fingerprint density at radius 3 is 2.53 bits per heavy atom. The van der Waals surface area contributed by atoms with Crippen molar-refractivity contribution in [1.29, 1.82) is 0 Å². The van der Waals surface area contributed by atoms with E-state index >= 15 is 0 Å². The number of carbonyl (C=O) groups excluding carboxylic acids is 1. The number of nitrogens with zero attached hydrogens (tertiary/aromatic N) is 5. The summed E-state index contributed by atoms with van der Waals surface area (Å²) in [5.74, 6) is 0.631. The van der Waals surface area contributed by atoms with Gasteiger partial charge in [-0.3, -0.25) is 14.3 Å². The lowest BCUT2D eigenvalue weighted by molar-refractivity contribution is -0.118. The molecule has 1 N–H and O–H groups in total. The normalized spacial score (nSPS) is 11.1. The van der Waals surface area contributed by atoms with Gasteiger partial charge in [0.1, 0.15) is 0 Å². The molecule has 0 saturated carbocycles. The second-order valence-electron chi connectivity index (χ2n) is 7.15. The first-order valence-electron chi connectivity index (χ1n) is 10.0. The van der Waals surface area contributed by atoms with E-state index in [1.54, 1.807) is 18.6 Å². The van der Waals surface area contributed by atoms with E-state index in [-0.39, 0.29) is 11.7 Å². The number of benzene rings is 2. The van der Waals surface area contributed by atoms with Gasteiger partial charge in [0.2, 0.25) is 0 Å². The molecule has 2 aromatic heterocycles. The van der Waals surface area contributed by atoms with Crippen LogP contribution in [0.3, 0.4) is 0 Å². The molecule has 0 aliphatic rings. The molecule has 0 radical (unpaired) electrons. The highest BCUT2D eigenvalue weighted by atomic mass is 32.2. The zero-order valence-electron chi connectivity index (χ0n) is 17.8. The maximum atomic E-state index is 12.3. The topological polar surface area (TPSA) is 85.1 Å². The summed E-state index contributed by atoms with van der Waals surface area (Å²) in [5.41, 5.74) is 7.61. The quantitative estimate of drug-likeness (QED) is 0.264. The smallest absolute Gasteiger partial charge is 0.250 e. The number of aryl methyl sites for hydroxylation is 2. The van der Waals surface area contributed by atoms with Crippen LogP contribution in [-0.2, 0) is 4.79 Å². The van der Waals surface area contributed by atoms with Crippen LogP contribution in [0, 0.1) is 13.8 Å². The Labute approximate surface area is 190 Å². The molecule has 4 rings (SSSR count). The highest BCUT2D eigenvalue weighted by Gasteiger charge is 2.17. The number of rotatable bonds is 7. The second kappa shape index (κ2) is 10.0. The summed E-state index contributed by atoms with van der Waals surface area (Å²) in [6.45, 7) is 4.04. The fraction of sp³-hybridized carbons (Fsp3) is 0.125. The molecule has 8 heteroatoms. The summed E-state index contributed by atoms with van der Waals surface area (Å²) in [7, 11) is 0. The van der Waals surface area contributed by atoms with Gasteiger partial charge in [0, 0.05) is 23.6 Å². The highest BCUT2D eigenvalue weighted by Crippen LogP contribution is 2.27. The number of pyridine rings is 1. The van der Waals surface area contributed by atoms with Crippen molar-refractivity contribution in [2.75, 3.05) is 5.75 Å². The Morgan fingerprint density at radius 1 is 1.03 bits per heavy atom. The second-order valence-corrected chi connectivity index (χ2v) is 8.09. The van der Waals surface area contributed by atoms with Gasteiger partial charge in [-0.25, -0.2) is 5.43 Å². The van der Waals surface area contributed by atoms with Crippen molar-refractivity contribution < 1.29 is 4.79 Å². The van der Waals surface area contributed by atoms with E-state index in [1.165, 1.54) is 11.8 Å². The van der Waals surface area contributed by atoms with Gasteiger partial charge in [-0.1, -0.05) is 53.7 Å². The van der Waals surface area contributed by atoms with Crippen LogP contribution in [0.4, 0.5) is 0 Å². The number of aromatic nitrogens is 4. The van der Waals surface area contributed by atoms with Crippen molar-refractivity contribution in [2.45, 2.75) is 19.0 Å². The van der Waals surface area contributed by atoms with Crippen molar-refractivity contribution in [3.8, 4) is 17.1 Å². The van der Waals surface area contributed by atoms with Gasteiger partial charge in [-0.15, -0.1) is 10.2 Å². The lowest BCUT2D eigenvalue weighted by Crippen LogP contribution is -2.20. The maximum absolute atomic E-state index is 12.3. The van der Waals surface area contributed by atoms with E-state index in [0.717, 1.165) is 27.9 Å². The van der Waals surface area contributed by atoms with E-state index in [1.807, 2.05) is 79.1 Å². The molecule has 0 aliphatic carbocycles. The van der Waals surface area contributed by atoms with Crippen LogP contribution >= 0.6 is 11.8 Å². The Balaban J connectivity index is 1.51. The fourth-order valence-corrected chi connectivity index (χ4v) is 3.79. The summed E-state index contributed by atoms with van der Waals surface area (Å²) in [6.07, 6.45) is 5.08. The monoisotopic (exact) mass is 442 g/mol. The standard InChI is InChI=1S/C24H22N6OS/c1-17-7-9-21(10-8-17)30-23(19-11-13-25-14-12-19)28-29-24(30)32-16-22(31)27-26-15-20-6-4-3-5-18(20)2/h3-15H,16H2,1-2H3,(H,27,31). The van der Waals surface area contributed by atoms with Crippen LogP contribution in [0.2, 0.25) is 0 Å². The molecule has 160 valence electrons. The van der Waals surface area contributed by atoms with Crippen molar-refractivity contribution in [2.24, 2.45) is 5.10 Å². The number of carbonyl (C=O) groups is 1. The Morgan fingerprint density at radius 2 is 1.78 bits per heavy atom. The van der Waals surface area contributed by atoms with Crippen molar-refractivity contribution in [3.05, 3.63) is 89.7 Å². The third kappa shape index (κ3) is 5.09. The molecule has 7 nitrogen and oxygen atoms in total. The largest absolute Gasteiger partial charge is 0.272 e. The average molecular weight is 443 g/mol. The van der Waals surface area contributed by atoms with E-state index in [0.29, 0.717) is 11.0 Å². The van der Waals surface area contributed by atoms with Gasteiger partial charge < -0.3 is 0 Å². The highest BCUT2D eigenvalue weighted by molar-refractivity contribution is 7.99. The fourth-order valence-electron chi connectivity index (χ4n) is 3.05. The van der Waals surface area contributed by atoms with Gasteiger partial charge in [0.05, 0.1) is 12.0 Å². The first-order chi connectivity index (χ1) is 15.6. The molecule has 1 amide bonds. The van der Waals surface area contributed by atoms with E-state index < -0.39 is 0 Å². The maximum Gasteiger partial charge on any atom is 0.250 e. The van der Waals surface area contributed by atoms with Crippen LogP contribution in [0.15, 0.2) is 83.3 Å². The zero-order chi connectivity index (χ0) is 22.3. The number of hydrogen-bond acceptors (Lipinski definition) is 6. The minimum atomic E-state index is -0.219. The number of hydrazone groups is 1. The number of thioether (sulfide) groups is 1. The number of nitrogens with one attached hydrogen (secondary N) is 1. The van der Waals surface area contributed by atoms with Gasteiger partial charge in [0.25, 0.3) is 5.91 Å². The minimum absolute atomic E-state index is 0.158. The number of hydrogen-bond donors (Lipinski definition) is 1. The summed E-state index contributed by atoms with van der Waals surface area (Å²) in [4.78, 5) is 16.4. The van der Waals surface area contributed by atoms with Crippen molar-refractivity contribution >= 4 is 23.9 Å². The molecule has 0 unspecified atom stereocenters. The van der Waals surface area contributed by atoms with Gasteiger partial charge in [-0.05, 0) is 49.2 Å². The van der Waals surface area contributed by atoms with Crippen LogP contribution in [0.1, 0.15) is 16.7 Å². The third-order valence-electron chi connectivity index (χ3n) is 4.78. The summed E-state index contributed by atoms with van der Waals surface area (Å²) in [6, 6.07) is 19.7. The third-order valence-corrected chi connectivity index (χ3v) is 5.71. The van der Waals surface area contributed by atoms with E-state index in [9.17, 15) is 4.79 Å². The molecule has 2 heterocycles. The molecule has 0 aliphatic heterocycles. The Hall–Kier alpha value is -3.78. The van der Waals surface area contributed by atoms with Crippen molar-refractivity contribution in [1.82, 2.24) is 25.2 Å². The first-order valence-corrected chi connectivity index (χ1v) is 11.0. The van der Waals surface area contributed by atoms with E-state index in [4.69, 9.17) is 0 Å². The number of amides is 1. The minimum Gasteiger partial charge on any atom is -0.272 e. The van der Waals surface area contributed by atoms with Gasteiger partial charge in [0.15, 0.2) is 11.0 Å². The molecule has 0 fully saturated rings. The molecular weight excluding hydrogens is 420 g/mol. The SMILES string of the molecule is Cc1ccc(-n2c(SCC(=O)NN=Cc3ccccc3C)nnc2-c2ccncc2)cc1. The van der Waals surface area contributed by atoms with Gasteiger partial charge >= 0.3 is 0 Å². The average Bonchev–Trinajstić information content (AvgIpc) is 3.24. The molecule has 0 atom stereocenters. The van der Waals surface area contributed by atoms with Gasteiger partial charge in [-0.2, -0.15) is 5.10 Å². The first kappa shape index (κ1) is 21.5. The molecule has 2 aromatic carbocycles. The Bertz CT molecular complexity index is 1240.